The Morgan fingerprint density at radius 2 is 1.67 bits per heavy atom. The maximum absolute atomic E-state index is 2.42. The zero-order valence-electron chi connectivity index (χ0n) is 8.77. The van der Waals surface area contributed by atoms with Gasteiger partial charge < -0.3 is 0 Å². The van der Waals surface area contributed by atoms with E-state index >= 15 is 0 Å². The van der Waals surface area contributed by atoms with Crippen LogP contribution in [0.3, 0.4) is 0 Å². The van der Waals surface area contributed by atoms with Gasteiger partial charge >= 0.3 is 0 Å². The Balaban J connectivity index is 1.97. The third-order valence-electron chi connectivity index (χ3n) is 4.01. The summed E-state index contributed by atoms with van der Waals surface area (Å²) in [6.07, 6.45) is 7.64. The molecule has 0 bridgehead atoms. The summed E-state index contributed by atoms with van der Waals surface area (Å²) >= 11 is 0. The van der Waals surface area contributed by atoms with Crippen molar-refractivity contribution in [3.63, 3.8) is 0 Å². The van der Waals surface area contributed by atoms with Crippen molar-refractivity contribution in [1.82, 2.24) is 0 Å². The summed E-state index contributed by atoms with van der Waals surface area (Å²) in [5, 5.41) is 0. The average Bonchev–Trinajstić information content (AvgIpc) is 2.56. The SMILES string of the molecule is CC(C)(C)C1CCCC2CC2C1. The molecule has 0 radical (unpaired) electrons. The van der Waals surface area contributed by atoms with Crippen molar-refractivity contribution in [1.29, 1.82) is 0 Å². The van der Waals surface area contributed by atoms with Crippen molar-refractivity contribution in [2.24, 2.45) is 23.2 Å². The molecular formula is C12H22. The molecule has 0 aromatic heterocycles. The van der Waals surface area contributed by atoms with E-state index in [1.54, 1.807) is 6.42 Å². The maximum atomic E-state index is 2.42. The lowest BCUT2D eigenvalue weighted by Gasteiger charge is -2.30. The monoisotopic (exact) mass is 166 g/mol. The summed E-state index contributed by atoms with van der Waals surface area (Å²) in [6.45, 7) is 7.25. The van der Waals surface area contributed by atoms with E-state index < -0.39 is 0 Å². The molecule has 0 amide bonds. The molecule has 2 fully saturated rings. The van der Waals surface area contributed by atoms with Gasteiger partial charge in [-0.3, -0.25) is 0 Å². The first-order valence-corrected chi connectivity index (χ1v) is 5.57. The van der Waals surface area contributed by atoms with Gasteiger partial charge in [0.2, 0.25) is 0 Å². The van der Waals surface area contributed by atoms with E-state index in [1.165, 1.54) is 25.7 Å². The Labute approximate surface area is 76.7 Å². The van der Waals surface area contributed by atoms with E-state index in [-0.39, 0.29) is 0 Å². The highest BCUT2D eigenvalue weighted by molar-refractivity contribution is 4.92. The lowest BCUT2D eigenvalue weighted by molar-refractivity contribution is 0.206. The van der Waals surface area contributed by atoms with Gasteiger partial charge in [-0.1, -0.05) is 33.6 Å². The Bertz CT molecular complexity index is 163. The fourth-order valence-electron chi connectivity index (χ4n) is 2.85. The Kier molecular flexibility index (Phi) is 1.97. The van der Waals surface area contributed by atoms with Crippen molar-refractivity contribution in [3.05, 3.63) is 0 Å². The second kappa shape index (κ2) is 2.75. The van der Waals surface area contributed by atoms with E-state index in [4.69, 9.17) is 0 Å². The standard InChI is InChI=1S/C12H22/c1-12(2,3)11-6-4-5-9-7-10(9)8-11/h9-11H,4-8H2,1-3H3. The first-order chi connectivity index (χ1) is 5.57. The summed E-state index contributed by atoms with van der Waals surface area (Å²) in [6, 6.07) is 0. The van der Waals surface area contributed by atoms with Crippen LogP contribution in [-0.2, 0) is 0 Å². The van der Waals surface area contributed by atoms with Crippen LogP contribution in [0, 0.1) is 23.2 Å². The topological polar surface area (TPSA) is 0 Å². The van der Waals surface area contributed by atoms with Crippen molar-refractivity contribution < 1.29 is 0 Å². The van der Waals surface area contributed by atoms with E-state index in [2.05, 4.69) is 20.8 Å². The van der Waals surface area contributed by atoms with E-state index in [0.29, 0.717) is 5.41 Å². The van der Waals surface area contributed by atoms with E-state index in [9.17, 15) is 0 Å². The molecule has 2 aliphatic carbocycles. The number of fused-ring (bicyclic) bond motifs is 1. The fraction of sp³-hybridized carbons (Fsp3) is 1.00. The predicted octanol–water partition coefficient (Wildman–Crippen LogP) is 3.86. The van der Waals surface area contributed by atoms with Gasteiger partial charge in [0, 0.05) is 0 Å². The molecule has 3 atom stereocenters. The second-order valence-corrected chi connectivity index (χ2v) is 5.99. The van der Waals surface area contributed by atoms with Gasteiger partial charge in [-0.25, -0.2) is 0 Å². The number of rotatable bonds is 0. The molecule has 0 spiro atoms. The highest BCUT2D eigenvalue weighted by Crippen LogP contribution is 2.52. The summed E-state index contributed by atoms with van der Waals surface area (Å²) in [5.74, 6) is 3.30. The fourth-order valence-corrected chi connectivity index (χ4v) is 2.85. The van der Waals surface area contributed by atoms with Gasteiger partial charge in [-0.2, -0.15) is 0 Å². The highest BCUT2D eigenvalue weighted by Gasteiger charge is 2.42. The molecule has 0 aromatic carbocycles. The molecule has 0 heterocycles. The number of hydrogen-bond acceptors (Lipinski definition) is 0. The third kappa shape index (κ3) is 1.67. The van der Waals surface area contributed by atoms with Gasteiger partial charge in [0.25, 0.3) is 0 Å². The molecule has 70 valence electrons. The molecule has 12 heavy (non-hydrogen) atoms. The first kappa shape index (κ1) is 8.59. The minimum atomic E-state index is 0.567. The van der Waals surface area contributed by atoms with Crippen LogP contribution < -0.4 is 0 Å². The van der Waals surface area contributed by atoms with Crippen LogP contribution in [0.5, 0.6) is 0 Å². The van der Waals surface area contributed by atoms with E-state index in [1.807, 2.05) is 0 Å². The van der Waals surface area contributed by atoms with Gasteiger partial charge in [-0.15, -0.1) is 0 Å². The first-order valence-electron chi connectivity index (χ1n) is 5.57. The van der Waals surface area contributed by atoms with Crippen molar-refractivity contribution in [2.75, 3.05) is 0 Å². The van der Waals surface area contributed by atoms with Crippen LogP contribution >= 0.6 is 0 Å². The summed E-state index contributed by atoms with van der Waals surface area (Å²) in [7, 11) is 0. The molecule has 0 N–H and O–H groups in total. The molecular weight excluding hydrogens is 144 g/mol. The van der Waals surface area contributed by atoms with Gasteiger partial charge in [0.05, 0.1) is 0 Å². The molecule has 2 rings (SSSR count). The molecule has 0 heteroatoms. The van der Waals surface area contributed by atoms with Crippen LogP contribution in [0.15, 0.2) is 0 Å². The third-order valence-corrected chi connectivity index (χ3v) is 4.01. The molecule has 0 aromatic rings. The molecule has 0 aliphatic heterocycles. The second-order valence-electron chi connectivity index (χ2n) is 5.99. The Morgan fingerprint density at radius 1 is 0.917 bits per heavy atom. The zero-order valence-corrected chi connectivity index (χ0v) is 8.77. The molecule has 3 unspecified atom stereocenters. The van der Waals surface area contributed by atoms with Crippen molar-refractivity contribution in [2.45, 2.75) is 52.9 Å². The smallest absolute Gasteiger partial charge is 0.0354 e. The van der Waals surface area contributed by atoms with Crippen molar-refractivity contribution >= 4 is 0 Å². The quantitative estimate of drug-likeness (QED) is 0.512. The Morgan fingerprint density at radius 3 is 2.33 bits per heavy atom. The van der Waals surface area contributed by atoms with E-state index in [0.717, 1.165) is 17.8 Å². The lowest BCUT2D eigenvalue weighted by Crippen LogP contribution is -2.20. The molecule has 2 saturated carbocycles. The zero-order chi connectivity index (χ0) is 8.77. The van der Waals surface area contributed by atoms with Gasteiger partial charge in [0.15, 0.2) is 0 Å². The largest absolute Gasteiger partial charge is 0.0599 e. The lowest BCUT2D eigenvalue weighted by atomic mass is 9.76. The maximum Gasteiger partial charge on any atom is -0.0354 e. The van der Waals surface area contributed by atoms with Crippen LogP contribution in [0.25, 0.3) is 0 Å². The average molecular weight is 166 g/mol. The molecule has 2 aliphatic rings. The predicted molar refractivity (Wildman–Crippen MR) is 53.0 cm³/mol. The number of hydrogen-bond donors (Lipinski definition) is 0. The summed E-state index contributed by atoms with van der Waals surface area (Å²) < 4.78 is 0. The Hall–Kier alpha value is 0. The summed E-state index contributed by atoms with van der Waals surface area (Å²) in [5.41, 5.74) is 0.567. The molecule has 0 nitrogen and oxygen atoms in total. The van der Waals surface area contributed by atoms with Crippen LogP contribution in [-0.4, -0.2) is 0 Å². The summed E-state index contributed by atoms with van der Waals surface area (Å²) in [4.78, 5) is 0. The van der Waals surface area contributed by atoms with Crippen LogP contribution in [0.4, 0.5) is 0 Å². The van der Waals surface area contributed by atoms with Crippen LogP contribution in [0.1, 0.15) is 52.9 Å². The van der Waals surface area contributed by atoms with Gasteiger partial charge in [-0.05, 0) is 42.4 Å². The van der Waals surface area contributed by atoms with Gasteiger partial charge in [0.1, 0.15) is 0 Å². The minimum Gasteiger partial charge on any atom is -0.0599 e. The highest BCUT2D eigenvalue weighted by atomic mass is 14.5. The molecule has 0 saturated heterocycles. The van der Waals surface area contributed by atoms with Crippen molar-refractivity contribution in [3.8, 4) is 0 Å². The van der Waals surface area contributed by atoms with Crippen LogP contribution in [0.2, 0.25) is 0 Å². The normalized spacial score (nSPS) is 41.8. The minimum absolute atomic E-state index is 0.567.